The SMILES string of the molecule is CC1CC(NCCc2cccc(F)c2)CN1C1CC1. The molecule has 1 saturated carbocycles. The summed E-state index contributed by atoms with van der Waals surface area (Å²) in [4.78, 5) is 2.65. The first-order valence-corrected chi connectivity index (χ1v) is 7.46. The van der Waals surface area contributed by atoms with Crippen molar-refractivity contribution in [1.82, 2.24) is 10.2 Å². The van der Waals surface area contributed by atoms with Gasteiger partial charge in [0.1, 0.15) is 5.82 Å². The zero-order valence-corrected chi connectivity index (χ0v) is 11.6. The summed E-state index contributed by atoms with van der Waals surface area (Å²) in [5.74, 6) is -0.133. The van der Waals surface area contributed by atoms with Gasteiger partial charge in [0.05, 0.1) is 0 Å². The summed E-state index contributed by atoms with van der Waals surface area (Å²) in [6, 6.07) is 9.13. The minimum atomic E-state index is -0.133. The molecular formula is C16H23FN2. The summed E-state index contributed by atoms with van der Waals surface area (Å²) >= 11 is 0. The maximum Gasteiger partial charge on any atom is 0.123 e. The molecule has 1 aromatic carbocycles. The van der Waals surface area contributed by atoms with E-state index in [2.05, 4.69) is 17.1 Å². The quantitative estimate of drug-likeness (QED) is 0.877. The molecule has 1 heterocycles. The molecule has 2 fully saturated rings. The Labute approximate surface area is 115 Å². The monoisotopic (exact) mass is 262 g/mol. The van der Waals surface area contributed by atoms with E-state index in [9.17, 15) is 4.39 Å². The molecule has 19 heavy (non-hydrogen) atoms. The predicted octanol–water partition coefficient (Wildman–Crippen LogP) is 2.58. The molecule has 0 aromatic heterocycles. The third kappa shape index (κ3) is 3.34. The van der Waals surface area contributed by atoms with Crippen LogP contribution in [0.25, 0.3) is 0 Å². The van der Waals surface area contributed by atoms with Crippen LogP contribution in [0.5, 0.6) is 0 Å². The molecule has 0 amide bonds. The second kappa shape index (κ2) is 5.59. The molecule has 2 atom stereocenters. The fourth-order valence-corrected chi connectivity index (χ4v) is 3.23. The van der Waals surface area contributed by atoms with Gasteiger partial charge in [-0.15, -0.1) is 0 Å². The summed E-state index contributed by atoms with van der Waals surface area (Å²) in [6.45, 7) is 4.47. The van der Waals surface area contributed by atoms with Crippen LogP contribution in [-0.2, 0) is 6.42 Å². The molecule has 1 aliphatic carbocycles. The highest BCUT2D eigenvalue weighted by molar-refractivity contribution is 5.16. The van der Waals surface area contributed by atoms with Gasteiger partial charge in [0, 0.05) is 24.7 Å². The van der Waals surface area contributed by atoms with Crippen molar-refractivity contribution >= 4 is 0 Å². The van der Waals surface area contributed by atoms with E-state index in [1.54, 1.807) is 12.1 Å². The maximum absolute atomic E-state index is 13.1. The molecule has 2 nitrogen and oxygen atoms in total. The summed E-state index contributed by atoms with van der Waals surface area (Å²) < 4.78 is 13.1. The van der Waals surface area contributed by atoms with Gasteiger partial charge in [-0.05, 0) is 56.8 Å². The van der Waals surface area contributed by atoms with E-state index in [4.69, 9.17) is 0 Å². The number of nitrogens with one attached hydrogen (secondary N) is 1. The first-order chi connectivity index (χ1) is 9.22. The van der Waals surface area contributed by atoms with Crippen LogP contribution < -0.4 is 5.32 Å². The summed E-state index contributed by atoms with van der Waals surface area (Å²) in [7, 11) is 0. The van der Waals surface area contributed by atoms with Crippen molar-refractivity contribution in [3.8, 4) is 0 Å². The van der Waals surface area contributed by atoms with Crippen molar-refractivity contribution in [1.29, 1.82) is 0 Å². The standard InChI is InChI=1S/C16H23FN2/c1-12-9-15(11-19(12)16-5-6-16)18-8-7-13-3-2-4-14(17)10-13/h2-4,10,12,15-16,18H,5-9,11H2,1H3. The first kappa shape index (κ1) is 13.1. The van der Waals surface area contributed by atoms with Crippen LogP contribution in [0.15, 0.2) is 24.3 Å². The van der Waals surface area contributed by atoms with Gasteiger partial charge in [-0.2, -0.15) is 0 Å². The molecule has 104 valence electrons. The minimum Gasteiger partial charge on any atom is -0.312 e. The molecular weight excluding hydrogens is 239 g/mol. The van der Waals surface area contributed by atoms with Crippen LogP contribution in [0.2, 0.25) is 0 Å². The number of likely N-dealkylation sites (tertiary alicyclic amines) is 1. The van der Waals surface area contributed by atoms with Gasteiger partial charge < -0.3 is 5.32 Å². The van der Waals surface area contributed by atoms with E-state index in [0.29, 0.717) is 6.04 Å². The Balaban J connectivity index is 1.43. The third-order valence-corrected chi connectivity index (χ3v) is 4.37. The lowest BCUT2D eigenvalue weighted by atomic mass is 10.1. The van der Waals surface area contributed by atoms with E-state index in [-0.39, 0.29) is 5.82 Å². The zero-order valence-electron chi connectivity index (χ0n) is 11.6. The summed E-state index contributed by atoms with van der Waals surface area (Å²) in [6.07, 6.45) is 4.94. The normalized spacial score (nSPS) is 27.9. The number of benzene rings is 1. The average molecular weight is 262 g/mol. The van der Waals surface area contributed by atoms with E-state index in [0.717, 1.165) is 30.6 Å². The molecule has 2 unspecified atom stereocenters. The van der Waals surface area contributed by atoms with E-state index < -0.39 is 0 Å². The highest BCUT2D eigenvalue weighted by Crippen LogP contribution is 2.33. The Hall–Kier alpha value is -0.930. The molecule has 3 heteroatoms. The number of hydrogen-bond acceptors (Lipinski definition) is 2. The van der Waals surface area contributed by atoms with Crippen LogP contribution in [-0.4, -0.2) is 36.1 Å². The molecule has 0 spiro atoms. The summed E-state index contributed by atoms with van der Waals surface area (Å²) in [5, 5.41) is 3.63. The Kier molecular flexibility index (Phi) is 3.85. The molecule has 1 aromatic rings. The minimum absolute atomic E-state index is 0.133. The van der Waals surface area contributed by atoms with Gasteiger partial charge in [-0.25, -0.2) is 4.39 Å². The van der Waals surface area contributed by atoms with Crippen molar-refractivity contribution in [2.24, 2.45) is 0 Å². The van der Waals surface area contributed by atoms with Crippen LogP contribution in [0.4, 0.5) is 4.39 Å². The fraction of sp³-hybridized carbons (Fsp3) is 0.625. The Morgan fingerprint density at radius 1 is 1.37 bits per heavy atom. The average Bonchev–Trinajstić information content (AvgIpc) is 3.14. The van der Waals surface area contributed by atoms with Crippen molar-refractivity contribution in [3.05, 3.63) is 35.6 Å². The number of hydrogen-bond donors (Lipinski definition) is 1. The van der Waals surface area contributed by atoms with Crippen molar-refractivity contribution in [2.75, 3.05) is 13.1 Å². The number of nitrogens with zero attached hydrogens (tertiary/aromatic N) is 1. The Bertz CT molecular complexity index is 431. The largest absolute Gasteiger partial charge is 0.312 e. The van der Waals surface area contributed by atoms with Crippen LogP contribution in [0.1, 0.15) is 31.7 Å². The van der Waals surface area contributed by atoms with Crippen molar-refractivity contribution < 1.29 is 4.39 Å². The number of rotatable bonds is 5. The van der Waals surface area contributed by atoms with Crippen LogP contribution in [0, 0.1) is 5.82 Å². The zero-order chi connectivity index (χ0) is 13.2. The van der Waals surface area contributed by atoms with Gasteiger partial charge >= 0.3 is 0 Å². The smallest absolute Gasteiger partial charge is 0.123 e. The molecule has 2 aliphatic rings. The van der Waals surface area contributed by atoms with E-state index in [1.807, 2.05) is 6.07 Å². The highest BCUT2D eigenvalue weighted by Gasteiger charge is 2.38. The molecule has 3 rings (SSSR count). The highest BCUT2D eigenvalue weighted by atomic mass is 19.1. The van der Waals surface area contributed by atoms with Gasteiger partial charge in [0.25, 0.3) is 0 Å². The van der Waals surface area contributed by atoms with E-state index in [1.165, 1.54) is 31.9 Å². The first-order valence-electron chi connectivity index (χ1n) is 7.46. The van der Waals surface area contributed by atoms with Crippen molar-refractivity contribution in [2.45, 2.75) is 50.7 Å². The lowest BCUT2D eigenvalue weighted by Gasteiger charge is -2.19. The lowest BCUT2D eigenvalue weighted by Crippen LogP contribution is -2.35. The second-order valence-corrected chi connectivity index (χ2v) is 6.04. The van der Waals surface area contributed by atoms with Gasteiger partial charge in [0.15, 0.2) is 0 Å². The van der Waals surface area contributed by atoms with Crippen LogP contribution >= 0.6 is 0 Å². The van der Waals surface area contributed by atoms with Gasteiger partial charge in [-0.3, -0.25) is 4.90 Å². The molecule has 0 bridgehead atoms. The van der Waals surface area contributed by atoms with Gasteiger partial charge in [-0.1, -0.05) is 12.1 Å². The lowest BCUT2D eigenvalue weighted by molar-refractivity contribution is 0.255. The molecule has 0 radical (unpaired) electrons. The topological polar surface area (TPSA) is 15.3 Å². The van der Waals surface area contributed by atoms with Crippen molar-refractivity contribution in [3.63, 3.8) is 0 Å². The molecule has 1 saturated heterocycles. The molecule has 1 aliphatic heterocycles. The number of halogens is 1. The second-order valence-electron chi connectivity index (χ2n) is 6.04. The van der Waals surface area contributed by atoms with Gasteiger partial charge in [0.2, 0.25) is 0 Å². The fourth-order valence-electron chi connectivity index (χ4n) is 3.23. The third-order valence-electron chi connectivity index (χ3n) is 4.37. The van der Waals surface area contributed by atoms with E-state index >= 15 is 0 Å². The molecule has 1 N–H and O–H groups in total. The van der Waals surface area contributed by atoms with Crippen LogP contribution in [0.3, 0.4) is 0 Å². The predicted molar refractivity (Wildman–Crippen MR) is 75.7 cm³/mol. The Morgan fingerprint density at radius 3 is 2.95 bits per heavy atom. The Morgan fingerprint density at radius 2 is 2.21 bits per heavy atom. The summed E-state index contributed by atoms with van der Waals surface area (Å²) in [5.41, 5.74) is 1.08. The maximum atomic E-state index is 13.1.